The van der Waals surface area contributed by atoms with Gasteiger partial charge in [0.2, 0.25) is 11.8 Å². The van der Waals surface area contributed by atoms with Crippen LogP contribution < -0.4 is 5.32 Å². The first-order valence-electron chi connectivity index (χ1n) is 4.99. The summed E-state index contributed by atoms with van der Waals surface area (Å²) in [6.07, 6.45) is 0. The second kappa shape index (κ2) is 6.09. The summed E-state index contributed by atoms with van der Waals surface area (Å²) in [6.45, 7) is 4.52. The maximum absolute atomic E-state index is 11.8. The average molecular weight is 230 g/mol. The van der Waals surface area contributed by atoms with Crippen LogP contribution in [0.5, 0.6) is 0 Å². The van der Waals surface area contributed by atoms with Gasteiger partial charge in [-0.05, 0) is 5.92 Å². The molecular formula is C10H18N2O4. The fraction of sp³-hybridized carbons (Fsp3) is 0.700. The van der Waals surface area contributed by atoms with E-state index >= 15 is 0 Å². The molecule has 0 spiro atoms. The summed E-state index contributed by atoms with van der Waals surface area (Å²) < 4.78 is 0. The number of nitrogens with zero attached hydrogens (tertiary/aromatic N) is 1. The molecule has 0 heterocycles. The van der Waals surface area contributed by atoms with Crippen molar-refractivity contribution in [2.24, 2.45) is 5.92 Å². The fourth-order valence-electron chi connectivity index (χ4n) is 1.25. The second-order valence-corrected chi connectivity index (χ2v) is 4.01. The van der Waals surface area contributed by atoms with Crippen molar-refractivity contribution in [2.75, 3.05) is 13.6 Å². The van der Waals surface area contributed by atoms with Crippen LogP contribution in [0, 0.1) is 5.92 Å². The van der Waals surface area contributed by atoms with Crippen molar-refractivity contribution in [3.63, 3.8) is 0 Å². The van der Waals surface area contributed by atoms with E-state index in [1.54, 1.807) is 13.8 Å². The Morgan fingerprint density at radius 1 is 1.31 bits per heavy atom. The molecule has 0 rings (SSSR count). The van der Waals surface area contributed by atoms with Gasteiger partial charge < -0.3 is 15.3 Å². The third kappa shape index (κ3) is 4.77. The molecule has 0 aliphatic carbocycles. The van der Waals surface area contributed by atoms with Crippen molar-refractivity contribution in [3.8, 4) is 0 Å². The van der Waals surface area contributed by atoms with Crippen molar-refractivity contribution in [2.45, 2.75) is 26.8 Å². The third-order valence-corrected chi connectivity index (χ3v) is 2.04. The summed E-state index contributed by atoms with van der Waals surface area (Å²) in [5.41, 5.74) is 0. The summed E-state index contributed by atoms with van der Waals surface area (Å²) in [6, 6.07) is -0.679. The minimum Gasteiger partial charge on any atom is -0.480 e. The SMILES string of the molecule is CC(=O)NC(C(=O)N(C)CC(=O)O)C(C)C. The number of rotatable bonds is 5. The number of aliphatic carboxylic acids is 1. The standard InChI is InChI=1S/C10H18N2O4/c1-6(2)9(11-7(3)13)10(16)12(4)5-8(14)15/h6,9H,5H2,1-4H3,(H,11,13)(H,14,15). The number of carboxylic acids is 1. The van der Waals surface area contributed by atoms with Crippen LogP contribution in [0.15, 0.2) is 0 Å². The third-order valence-electron chi connectivity index (χ3n) is 2.04. The number of carbonyl (C=O) groups excluding carboxylic acids is 2. The van der Waals surface area contributed by atoms with Gasteiger partial charge in [-0.1, -0.05) is 13.8 Å². The Labute approximate surface area is 94.6 Å². The molecule has 1 atom stereocenters. The maximum atomic E-state index is 11.8. The predicted octanol–water partition coefficient (Wildman–Crippen LogP) is -0.310. The van der Waals surface area contributed by atoms with Crippen molar-refractivity contribution in [1.82, 2.24) is 10.2 Å². The molecule has 1 unspecified atom stereocenters. The zero-order chi connectivity index (χ0) is 12.9. The van der Waals surface area contributed by atoms with E-state index in [-0.39, 0.29) is 18.4 Å². The molecule has 92 valence electrons. The van der Waals surface area contributed by atoms with Crippen molar-refractivity contribution >= 4 is 17.8 Å². The molecule has 0 aromatic rings. The van der Waals surface area contributed by atoms with E-state index in [9.17, 15) is 14.4 Å². The molecule has 2 amide bonds. The van der Waals surface area contributed by atoms with E-state index in [0.717, 1.165) is 4.90 Å². The Bertz CT molecular complexity index is 289. The minimum atomic E-state index is -1.08. The van der Waals surface area contributed by atoms with E-state index < -0.39 is 17.9 Å². The number of hydrogen-bond acceptors (Lipinski definition) is 3. The maximum Gasteiger partial charge on any atom is 0.323 e. The number of hydrogen-bond donors (Lipinski definition) is 2. The van der Waals surface area contributed by atoms with Gasteiger partial charge >= 0.3 is 5.97 Å². The average Bonchev–Trinajstić information content (AvgIpc) is 2.11. The van der Waals surface area contributed by atoms with Crippen LogP contribution in [0.3, 0.4) is 0 Å². The molecule has 0 aliphatic heterocycles. The summed E-state index contributed by atoms with van der Waals surface area (Å²) >= 11 is 0. The molecule has 0 aromatic carbocycles. The van der Waals surface area contributed by atoms with Crippen LogP contribution in [-0.4, -0.2) is 47.4 Å². The Hall–Kier alpha value is -1.59. The molecule has 0 saturated heterocycles. The molecule has 6 heteroatoms. The molecule has 16 heavy (non-hydrogen) atoms. The second-order valence-electron chi connectivity index (χ2n) is 4.01. The highest BCUT2D eigenvalue weighted by molar-refractivity contribution is 5.88. The Kier molecular flexibility index (Phi) is 5.49. The topological polar surface area (TPSA) is 86.7 Å². The monoisotopic (exact) mass is 230 g/mol. The normalized spacial score (nSPS) is 12.1. The predicted molar refractivity (Wildman–Crippen MR) is 57.7 cm³/mol. The highest BCUT2D eigenvalue weighted by atomic mass is 16.4. The highest BCUT2D eigenvalue weighted by Crippen LogP contribution is 2.05. The molecule has 0 aromatic heterocycles. The zero-order valence-corrected chi connectivity index (χ0v) is 9.98. The van der Waals surface area contributed by atoms with Crippen LogP contribution >= 0.6 is 0 Å². The summed E-state index contributed by atoms with van der Waals surface area (Å²) in [5, 5.41) is 11.1. The molecular weight excluding hydrogens is 212 g/mol. The number of amides is 2. The van der Waals surface area contributed by atoms with Gasteiger partial charge in [-0.2, -0.15) is 0 Å². The van der Waals surface area contributed by atoms with E-state index in [2.05, 4.69) is 5.32 Å². The number of carboxylic acid groups (broad SMARTS) is 1. The van der Waals surface area contributed by atoms with Crippen molar-refractivity contribution < 1.29 is 19.5 Å². The lowest BCUT2D eigenvalue weighted by molar-refractivity contribution is -0.145. The lowest BCUT2D eigenvalue weighted by atomic mass is 10.0. The largest absolute Gasteiger partial charge is 0.480 e. The van der Waals surface area contributed by atoms with Crippen LogP contribution in [0.25, 0.3) is 0 Å². The summed E-state index contributed by atoms with van der Waals surface area (Å²) in [4.78, 5) is 34.2. The van der Waals surface area contributed by atoms with Gasteiger partial charge in [0, 0.05) is 14.0 Å². The van der Waals surface area contributed by atoms with Crippen molar-refractivity contribution in [3.05, 3.63) is 0 Å². The van der Waals surface area contributed by atoms with Crippen LogP contribution in [0.4, 0.5) is 0 Å². The molecule has 2 N–H and O–H groups in total. The van der Waals surface area contributed by atoms with E-state index in [0.29, 0.717) is 0 Å². The first kappa shape index (κ1) is 14.4. The van der Waals surface area contributed by atoms with Crippen LogP contribution in [0.1, 0.15) is 20.8 Å². The van der Waals surface area contributed by atoms with E-state index in [1.807, 2.05) is 0 Å². The van der Waals surface area contributed by atoms with Crippen LogP contribution in [0.2, 0.25) is 0 Å². The number of likely N-dealkylation sites (N-methyl/N-ethyl adjacent to an activating group) is 1. The van der Waals surface area contributed by atoms with Gasteiger partial charge in [0.25, 0.3) is 0 Å². The molecule has 6 nitrogen and oxygen atoms in total. The smallest absolute Gasteiger partial charge is 0.323 e. The molecule has 0 saturated carbocycles. The van der Waals surface area contributed by atoms with Gasteiger partial charge in [-0.3, -0.25) is 14.4 Å². The Morgan fingerprint density at radius 3 is 2.12 bits per heavy atom. The van der Waals surface area contributed by atoms with Gasteiger partial charge in [0.05, 0.1) is 0 Å². The van der Waals surface area contributed by atoms with Gasteiger partial charge in [0.15, 0.2) is 0 Å². The van der Waals surface area contributed by atoms with Crippen molar-refractivity contribution in [1.29, 1.82) is 0 Å². The minimum absolute atomic E-state index is 0.0901. The summed E-state index contributed by atoms with van der Waals surface area (Å²) in [7, 11) is 1.40. The molecule has 0 radical (unpaired) electrons. The molecule has 0 aliphatic rings. The molecule has 0 bridgehead atoms. The van der Waals surface area contributed by atoms with E-state index in [4.69, 9.17) is 5.11 Å². The summed E-state index contributed by atoms with van der Waals surface area (Å²) in [5.74, 6) is -1.88. The van der Waals surface area contributed by atoms with Gasteiger partial charge in [-0.25, -0.2) is 0 Å². The highest BCUT2D eigenvalue weighted by Gasteiger charge is 2.26. The Balaban J connectivity index is 4.60. The van der Waals surface area contributed by atoms with Gasteiger partial charge in [-0.15, -0.1) is 0 Å². The Morgan fingerprint density at radius 2 is 1.81 bits per heavy atom. The zero-order valence-electron chi connectivity index (χ0n) is 9.98. The molecule has 0 fully saturated rings. The van der Waals surface area contributed by atoms with Crippen LogP contribution in [-0.2, 0) is 14.4 Å². The lowest BCUT2D eigenvalue weighted by Gasteiger charge is -2.25. The number of carbonyl (C=O) groups is 3. The van der Waals surface area contributed by atoms with Gasteiger partial charge in [0.1, 0.15) is 12.6 Å². The first-order chi connectivity index (χ1) is 7.25. The lowest BCUT2D eigenvalue weighted by Crippen LogP contribution is -2.50. The van der Waals surface area contributed by atoms with E-state index in [1.165, 1.54) is 14.0 Å². The quantitative estimate of drug-likeness (QED) is 0.678. The first-order valence-corrected chi connectivity index (χ1v) is 4.99. The number of nitrogens with one attached hydrogen (secondary N) is 1. The fourth-order valence-corrected chi connectivity index (χ4v) is 1.25.